The molecule has 0 aromatic heterocycles. The molecule has 0 fully saturated rings. The molecule has 0 saturated carbocycles. The fourth-order valence-corrected chi connectivity index (χ4v) is 1.28. The first-order chi connectivity index (χ1) is 7.15. The van der Waals surface area contributed by atoms with Crippen LogP contribution in [0.2, 0.25) is 0 Å². The summed E-state index contributed by atoms with van der Waals surface area (Å²) in [6.45, 7) is 2.07. The molecular formula is C11H14O4. The number of ether oxygens (including phenoxy) is 1. The van der Waals surface area contributed by atoms with Crippen LogP contribution in [0.3, 0.4) is 0 Å². The van der Waals surface area contributed by atoms with Crippen LogP contribution in [-0.2, 0) is 16.0 Å². The van der Waals surface area contributed by atoms with Crippen molar-refractivity contribution in [2.75, 3.05) is 6.61 Å². The highest BCUT2D eigenvalue weighted by Gasteiger charge is 2.09. The van der Waals surface area contributed by atoms with E-state index >= 15 is 0 Å². The van der Waals surface area contributed by atoms with Crippen molar-refractivity contribution in [1.29, 1.82) is 0 Å². The van der Waals surface area contributed by atoms with Gasteiger partial charge in [0.2, 0.25) is 0 Å². The maximum atomic E-state index is 11.1. The van der Waals surface area contributed by atoms with Crippen LogP contribution in [0.4, 0.5) is 0 Å². The molecule has 1 aromatic rings. The Morgan fingerprint density at radius 2 is 1.93 bits per heavy atom. The van der Waals surface area contributed by atoms with Gasteiger partial charge in [0, 0.05) is 12.0 Å². The van der Waals surface area contributed by atoms with Crippen molar-refractivity contribution in [1.82, 2.24) is 0 Å². The van der Waals surface area contributed by atoms with Crippen molar-refractivity contribution in [2.45, 2.75) is 19.8 Å². The Bertz CT molecular complexity index is 326. The minimum absolute atomic E-state index is 0.000650. The lowest BCUT2D eigenvalue weighted by molar-refractivity contribution is -0.143. The predicted octanol–water partition coefficient (Wildman–Crippen LogP) is 1.59. The highest BCUT2D eigenvalue weighted by Crippen LogP contribution is 2.27. The first-order valence-corrected chi connectivity index (χ1v) is 4.80. The highest BCUT2D eigenvalue weighted by atomic mass is 16.5. The molecule has 0 saturated heterocycles. The van der Waals surface area contributed by atoms with Gasteiger partial charge in [-0.3, -0.25) is 4.79 Å². The van der Waals surface area contributed by atoms with Crippen LogP contribution in [0.25, 0.3) is 0 Å². The Labute approximate surface area is 88.1 Å². The van der Waals surface area contributed by atoms with E-state index < -0.39 is 0 Å². The summed E-state index contributed by atoms with van der Waals surface area (Å²) in [5, 5.41) is 18.8. The van der Waals surface area contributed by atoms with Gasteiger partial charge >= 0.3 is 5.97 Å². The second kappa shape index (κ2) is 5.24. The normalized spacial score (nSPS) is 9.93. The smallest absolute Gasteiger partial charge is 0.306 e. The lowest BCUT2D eigenvalue weighted by Gasteiger charge is -2.06. The van der Waals surface area contributed by atoms with Crippen molar-refractivity contribution in [3.63, 3.8) is 0 Å². The van der Waals surface area contributed by atoms with Crippen LogP contribution in [0, 0.1) is 0 Å². The Morgan fingerprint density at radius 3 is 2.47 bits per heavy atom. The van der Waals surface area contributed by atoms with E-state index in [-0.39, 0.29) is 30.3 Å². The number of carbonyl (C=O) groups excluding carboxylic acids is 1. The number of hydrogen-bond acceptors (Lipinski definition) is 4. The van der Waals surface area contributed by atoms with Gasteiger partial charge in [0.05, 0.1) is 6.61 Å². The molecule has 0 spiro atoms. The van der Waals surface area contributed by atoms with Crippen molar-refractivity contribution < 1.29 is 19.7 Å². The van der Waals surface area contributed by atoms with Gasteiger partial charge in [0.1, 0.15) is 11.5 Å². The molecule has 82 valence electrons. The molecular weight excluding hydrogens is 196 g/mol. The molecule has 4 heteroatoms. The number of phenolic OH excluding ortho intramolecular Hbond substituents is 2. The molecule has 0 unspecified atom stereocenters. The largest absolute Gasteiger partial charge is 0.508 e. The SMILES string of the molecule is CCOC(=O)CCc1c(O)cccc1O. The Balaban J connectivity index is 2.61. The molecule has 15 heavy (non-hydrogen) atoms. The summed E-state index contributed by atoms with van der Waals surface area (Å²) in [6, 6.07) is 4.49. The Kier molecular flexibility index (Phi) is 3.97. The van der Waals surface area contributed by atoms with E-state index in [0.717, 1.165) is 0 Å². The van der Waals surface area contributed by atoms with Gasteiger partial charge in [-0.05, 0) is 25.5 Å². The molecule has 1 aromatic carbocycles. The van der Waals surface area contributed by atoms with Gasteiger partial charge in [-0.25, -0.2) is 0 Å². The zero-order valence-corrected chi connectivity index (χ0v) is 8.56. The predicted molar refractivity (Wildman–Crippen MR) is 54.7 cm³/mol. The average Bonchev–Trinajstić information content (AvgIpc) is 2.17. The zero-order chi connectivity index (χ0) is 11.3. The molecule has 0 amide bonds. The number of rotatable bonds is 4. The number of hydrogen-bond donors (Lipinski definition) is 2. The van der Waals surface area contributed by atoms with Gasteiger partial charge in [0.15, 0.2) is 0 Å². The van der Waals surface area contributed by atoms with Crippen molar-refractivity contribution in [3.05, 3.63) is 23.8 Å². The molecule has 4 nitrogen and oxygen atoms in total. The number of aromatic hydroxyl groups is 2. The van der Waals surface area contributed by atoms with E-state index in [1.165, 1.54) is 12.1 Å². The number of phenols is 2. The van der Waals surface area contributed by atoms with Crippen LogP contribution in [0.15, 0.2) is 18.2 Å². The number of carbonyl (C=O) groups is 1. The van der Waals surface area contributed by atoms with Gasteiger partial charge in [-0.15, -0.1) is 0 Å². The summed E-state index contributed by atoms with van der Waals surface area (Å²) in [4.78, 5) is 11.1. The van der Waals surface area contributed by atoms with Gasteiger partial charge in [-0.2, -0.15) is 0 Å². The molecule has 0 atom stereocenters. The van der Waals surface area contributed by atoms with Crippen molar-refractivity contribution >= 4 is 5.97 Å². The molecule has 0 radical (unpaired) electrons. The maximum Gasteiger partial charge on any atom is 0.306 e. The van der Waals surface area contributed by atoms with E-state index in [1.54, 1.807) is 13.0 Å². The summed E-state index contributed by atoms with van der Waals surface area (Å²) in [5.41, 5.74) is 0.380. The summed E-state index contributed by atoms with van der Waals surface area (Å²) in [7, 11) is 0. The summed E-state index contributed by atoms with van der Waals surface area (Å²) in [5.74, 6) is -0.334. The van der Waals surface area contributed by atoms with Crippen LogP contribution in [0.1, 0.15) is 18.9 Å². The van der Waals surface area contributed by atoms with Crippen LogP contribution in [0.5, 0.6) is 11.5 Å². The molecule has 0 bridgehead atoms. The summed E-state index contributed by atoms with van der Waals surface area (Å²) < 4.78 is 4.74. The van der Waals surface area contributed by atoms with E-state index in [4.69, 9.17) is 4.74 Å². The van der Waals surface area contributed by atoms with Crippen molar-refractivity contribution in [3.8, 4) is 11.5 Å². The minimum Gasteiger partial charge on any atom is -0.508 e. The second-order valence-corrected chi connectivity index (χ2v) is 3.08. The first-order valence-electron chi connectivity index (χ1n) is 4.80. The highest BCUT2D eigenvalue weighted by molar-refractivity contribution is 5.70. The minimum atomic E-state index is -0.333. The molecule has 0 aliphatic heterocycles. The van der Waals surface area contributed by atoms with E-state index in [1.807, 2.05) is 0 Å². The van der Waals surface area contributed by atoms with Gasteiger partial charge in [0.25, 0.3) is 0 Å². The zero-order valence-electron chi connectivity index (χ0n) is 8.56. The van der Waals surface area contributed by atoms with E-state index in [9.17, 15) is 15.0 Å². The standard InChI is InChI=1S/C11H14O4/c1-2-15-11(14)7-6-8-9(12)4-3-5-10(8)13/h3-5,12-13H,2,6-7H2,1H3. The van der Waals surface area contributed by atoms with Gasteiger partial charge < -0.3 is 14.9 Å². The van der Waals surface area contributed by atoms with Crippen LogP contribution in [-0.4, -0.2) is 22.8 Å². The van der Waals surface area contributed by atoms with E-state index in [0.29, 0.717) is 12.2 Å². The summed E-state index contributed by atoms with van der Waals surface area (Å²) >= 11 is 0. The lowest BCUT2D eigenvalue weighted by atomic mass is 10.1. The molecule has 0 aliphatic rings. The van der Waals surface area contributed by atoms with Crippen LogP contribution < -0.4 is 0 Å². The fraction of sp³-hybridized carbons (Fsp3) is 0.364. The topological polar surface area (TPSA) is 66.8 Å². The molecule has 1 rings (SSSR count). The monoisotopic (exact) mass is 210 g/mol. The number of esters is 1. The third-order valence-electron chi connectivity index (χ3n) is 2.01. The average molecular weight is 210 g/mol. The second-order valence-electron chi connectivity index (χ2n) is 3.08. The third kappa shape index (κ3) is 3.16. The lowest BCUT2D eigenvalue weighted by Crippen LogP contribution is -2.05. The van der Waals surface area contributed by atoms with Crippen molar-refractivity contribution in [2.24, 2.45) is 0 Å². The quantitative estimate of drug-likeness (QED) is 0.740. The van der Waals surface area contributed by atoms with Crippen LogP contribution >= 0.6 is 0 Å². The first kappa shape index (κ1) is 11.4. The maximum absolute atomic E-state index is 11.1. The summed E-state index contributed by atoms with van der Waals surface area (Å²) in [6.07, 6.45) is 0.427. The molecule has 0 heterocycles. The fourth-order valence-electron chi connectivity index (χ4n) is 1.28. The Morgan fingerprint density at radius 1 is 1.33 bits per heavy atom. The molecule has 0 aliphatic carbocycles. The Hall–Kier alpha value is -1.71. The van der Waals surface area contributed by atoms with Gasteiger partial charge in [-0.1, -0.05) is 6.07 Å². The molecule has 2 N–H and O–H groups in total. The third-order valence-corrected chi connectivity index (χ3v) is 2.01. The van der Waals surface area contributed by atoms with E-state index in [2.05, 4.69) is 0 Å². The number of benzene rings is 1.